The molecule has 1 rings (SSSR count). The van der Waals surface area contributed by atoms with Gasteiger partial charge in [0.2, 0.25) is 0 Å². The van der Waals surface area contributed by atoms with Crippen LogP contribution < -0.4 is 5.32 Å². The minimum atomic E-state index is -0.484. The number of amides is 1. The van der Waals surface area contributed by atoms with E-state index in [4.69, 9.17) is 16.3 Å². The molecular formula is C15H22ClNO2. The van der Waals surface area contributed by atoms with Crippen molar-refractivity contribution in [3.63, 3.8) is 0 Å². The van der Waals surface area contributed by atoms with Gasteiger partial charge in [0.05, 0.1) is 0 Å². The smallest absolute Gasteiger partial charge is 0.407 e. The lowest BCUT2D eigenvalue weighted by atomic mass is 10.0. The average Bonchev–Trinajstić information content (AvgIpc) is 2.27. The molecule has 1 aromatic rings. The molecule has 1 aromatic carbocycles. The van der Waals surface area contributed by atoms with E-state index in [0.29, 0.717) is 5.88 Å². The van der Waals surface area contributed by atoms with E-state index in [0.717, 1.165) is 12.8 Å². The van der Waals surface area contributed by atoms with E-state index in [2.05, 4.69) is 5.32 Å². The fourth-order valence-corrected chi connectivity index (χ4v) is 1.99. The highest BCUT2D eigenvalue weighted by Gasteiger charge is 2.19. The van der Waals surface area contributed by atoms with Gasteiger partial charge in [0, 0.05) is 11.9 Å². The number of alkyl halides is 1. The highest BCUT2D eigenvalue weighted by molar-refractivity contribution is 6.17. The zero-order valence-corrected chi connectivity index (χ0v) is 12.5. The van der Waals surface area contributed by atoms with Gasteiger partial charge in [0.15, 0.2) is 0 Å². The van der Waals surface area contributed by atoms with Gasteiger partial charge in [0.1, 0.15) is 5.60 Å². The van der Waals surface area contributed by atoms with Gasteiger partial charge in [0.25, 0.3) is 0 Å². The largest absolute Gasteiger partial charge is 0.444 e. The van der Waals surface area contributed by atoms with Crippen molar-refractivity contribution in [2.24, 2.45) is 0 Å². The number of benzene rings is 1. The summed E-state index contributed by atoms with van der Waals surface area (Å²) in [4.78, 5) is 11.8. The van der Waals surface area contributed by atoms with Gasteiger partial charge < -0.3 is 10.1 Å². The number of hydrogen-bond donors (Lipinski definition) is 1. The molecule has 0 aliphatic rings. The predicted molar refractivity (Wildman–Crippen MR) is 78.6 cm³/mol. The van der Waals surface area contributed by atoms with Crippen molar-refractivity contribution < 1.29 is 9.53 Å². The number of halogens is 1. The number of rotatable bonds is 5. The second-order valence-electron chi connectivity index (χ2n) is 5.51. The van der Waals surface area contributed by atoms with Gasteiger partial charge in [-0.15, -0.1) is 11.6 Å². The highest BCUT2D eigenvalue weighted by atomic mass is 35.5. The summed E-state index contributed by atoms with van der Waals surface area (Å²) in [6.07, 6.45) is 1.08. The molecule has 4 heteroatoms. The van der Waals surface area contributed by atoms with E-state index in [1.54, 1.807) is 0 Å². The molecule has 1 atom stereocenters. The molecule has 0 bridgehead atoms. The van der Waals surface area contributed by atoms with Crippen molar-refractivity contribution in [3.05, 3.63) is 35.9 Å². The highest BCUT2D eigenvalue weighted by Crippen LogP contribution is 2.10. The van der Waals surface area contributed by atoms with Crippen LogP contribution >= 0.6 is 11.6 Å². The first-order chi connectivity index (χ1) is 8.90. The monoisotopic (exact) mass is 283 g/mol. The van der Waals surface area contributed by atoms with E-state index < -0.39 is 11.7 Å². The van der Waals surface area contributed by atoms with Crippen molar-refractivity contribution in [2.75, 3.05) is 5.88 Å². The quantitative estimate of drug-likeness (QED) is 0.836. The molecule has 0 heterocycles. The van der Waals surface area contributed by atoms with Gasteiger partial charge in [-0.1, -0.05) is 30.3 Å². The first-order valence-electron chi connectivity index (χ1n) is 6.50. The summed E-state index contributed by atoms with van der Waals surface area (Å²) in [7, 11) is 0. The molecule has 0 aliphatic carbocycles. The standard InChI is InChI=1S/C15H22ClNO2/c1-15(2,3)19-14(18)17-13(9-10-16)11-12-7-5-4-6-8-12/h4-8,13H,9-11H2,1-3H3,(H,17,18). The molecular weight excluding hydrogens is 262 g/mol. The molecule has 0 fully saturated rings. The van der Waals surface area contributed by atoms with E-state index in [1.165, 1.54) is 5.56 Å². The number of ether oxygens (including phenoxy) is 1. The Labute approximate surface area is 120 Å². The Morgan fingerprint density at radius 1 is 1.32 bits per heavy atom. The molecule has 19 heavy (non-hydrogen) atoms. The molecule has 0 aromatic heterocycles. The molecule has 106 valence electrons. The topological polar surface area (TPSA) is 38.3 Å². The van der Waals surface area contributed by atoms with Crippen molar-refractivity contribution >= 4 is 17.7 Å². The van der Waals surface area contributed by atoms with Crippen molar-refractivity contribution in [1.82, 2.24) is 5.32 Å². The number of carbonyl (C=O) groups excluding carboxylic acids is 1. The van der Waals surface area contributed by atoms with E-state index in [1.807, 2.05) is 51.1 Å². The lowest BCUT2D eigenvalue weighted by Gasteiger charge is -2.23. The minimum absolute atomic E-state index is 0.00486. The molecule has 0 spiro atoms. The molecule has 0 saturated heterocycles. The van der Waals surface area contributed by atoms with Crippen LogP contribution in [0.15, 0.2) is 30.3 Å². The zero-order valence-electron chi connectivity index (χ0n) is 11.8. The second-order valence-corrected chi connectivity index (χ2v) is 5.89. The predicted octanol–water partition coefficient (Wildman–Crippen LogP) is 3.75. The third-order valence-corrected chi connectivity index (χ3v) is 2.72. The molecule has 1 amide bonds. The first-order valence-corrected chi connectivity index (χ1v) is 7.03. The molecule has 1 unspecified atom stereocenters. The first kappa shape index (κ1) is 15.8. The Kier molecular flexibility index (Phi) is 6.16. The second kappa shape index (κ2) is 7.39. The number of alkyl carbamates (subject to hydrolysis) is 1. The minimum Gasteiger partial charge on any atom is -0.444 e. The van der Waals surface area contributed by atoms with E-state index in [-0.39, 0.29) is 6.04 Å². The summed E-state index contributed by atoms with van der Waals surface area (Å²) >= 11 is 5.79. The fourth-order valence-electron chi connectivity index (χ4n) is 1.73. The SMILES string of the molecule is CC(C)(C)OC(=O)NC(CCCl)Cc1ccccc1. The Hall–Kier alpha value is -1.22. The summed E-state index contributed by atoms with van der Waals surface area (Å²) in [6, 6.07) is 10.0. The fraction of sp³-hybridized carbons (Fsp3) is 0.533. The average molecular weight is 284 g/mol. The summed E-state index contributed by atoms with van der Waals surface area (Å²) in [5.74, 6) is 0.507. The lowest BCUT2D eigenvalue weighted by Crippen LogP contribution is -2.40. The third-order valence-electron chi connectivity index (χ3n) is 2.50. The van der Waals surface area contributed by atoms with Gasteiger partial charge in [-0.2, -0.15) is 0 Å². The Morgan fingerprint density at radius 2 is 1.95 bits per heavy atom. The van der Waals surface area contributed by atoms with Crippen LogP contribution in [0.5, 0.6) is 0 Å². The normalized spacial score (nSPS) is 12.8. The number of nitrogens with one attached hydrogen (secondary N) is 1. The van der Waals surface area contributed by atoms with Crippen LogP contribution in [0.1, 0.15) is 32.8 Å². The van der Waals surface area contributed by atoms with Crippen molar-refractivity contribution in [3.8, 4) is 0 Å². The summed E-state index contributed by atoms with van der Waals surface area (Å²) in [6.45, 7) is 5.54. The lowest BCUT2D eigenvalue weighted by molar-refractivity contribution is 0.0503. The molecule has 1 N–H and O–H groups in total. The van der Waals surface area contributed by atoms with Crippen LogP contribution in [0.25, 0.3) is 0 Å². The summed E-state index contributed by atoms with van der Waals surface area (Å²) in [5.41, 5.74) is 0.691. The maximum absolute atomic E-state index is 11.8. The molecule has 3 nitrogen and oxygen atoms in total. The summed E-state index contributed by atoms with van der Waals surface area (Å²) < 4.78 is 5.26. The Balaban J connectivity index is 2.55. The van der Waals surface area contributed by atoms with Crippen LogP contribution in [0, 0.1) is 0 Å². The van der Waals surface area contributed by atoms with Crippen molar-refractivity contribution in [2.45, 2.75) is 45.3 Å². The molecule has 0 saturated carbocycles. The van der Waals surface area contributed by atoms with Crippen molar-refractivity contribution in [1.29, 1.82) is 0 Å². The van der Waals surface area contributed by atoms with Gasteiger partial charge in [-0.25, -0.2) is 4.79 Å². The van der Waals surface area contributed by atoms with Crippen LogP contribution in [0.4, 0.5) is 4.79 Å². The van der Waals surface area contributed by atoms with Gasteiger partial charge in [-0.05, 0) is 39.2 Å². The third kappa shape index (κ3) is 7.06. The zero-order chi connectivity index (χ0) is 14.3. The van der Waals surface area contributed by atoms with Crippen LogP contribution in [0.2, 0.25) is 0 Å². The summed E-state index contributed by atoms with van der Waals surface area (Å²) in [5, 5.41) is 2.88. The number of carbonyl (C=O) groups is 1. The molecule has 0 radical (unpaired) electrons. The maximum Gasteiger partial charge on any atom is 0.407 e. The van der Waals surface area contributed by atoms with E-state index in [9.17, 15) is 4.79 Å². The van der Waals surface area contributed by atoms with Crippen LogP contribution in [0.3, 0.4) is 0 Å². The van der Waals surface area contributed by atoms with Gasteiger partial charge in [-0.3, -0.25) is 0 Å². The number of hydrogen-bond acceptors (Lipinski definition) is 2. The van der Waals surface area contributed by atoms with Crippen LogP contribution in [-0.2, 0) is 11.2 Å². The van der Waals surface area contributed by atoms with E-state index >= 15 is 0 Å². The Bertz CT molecular complexity index is 387. The Morgan fingerprint density at radius 3 is 2.47 bits per heavy atom. The maximum atomic E-state index is 11.8. The molecule has 0 aliphatic heterocycles. The van der Waals surface area contributed by atoms with Gasteiger partial charge >= 0.3 is 6.09 Å². The van der Waals surface area contributed by atoms with Crippen LogP contribution in [-0.4, -0.2) is 23.6 Å².